The zero-order chi connectivity index (χ0) is 17.8. The van der Waals surface area contributed by atoms with E-state index >= 15 is 0 Å². The molecule has 0 radical (unpaired) electrons. The van der Waals surface area contributed by atoms with Gasteiger partial charge in [-0.25, -0.2) is 4.98 Å². The zero-order valence-corrected chi connectivity index (χ0v) is 14.9. The standard InChI is InChI=1S/C17H24N6O2/c1-21(2)17-16(18-8-9-19-17)14-12-23(10-11-25-14)15(24)5-4-13-6-7-20-22(13)3/h6-9,14H,4-5,10-12H2,1-3H3. The third-order valence-electron chi connectivity index (χ3n) is 4.37. The first kappa shape index (κ1) is 17.3. The summed E-state index contributed by atoms with van der Waals surface area (Å²) < 4.78 is 7.67. The first-order chi connectivity index (χ1) is 12.1. The van der Waals surface area contributed by atoms with Crippen LogP contribution in [0.2, 0.25) is 0 Å². The smallest absolute Gasteiger partial charge is 0.223 e. The highest BCUT2D eigenvalue weighted by Gasteiger charge is 2.28. The lowest BCUT2D eigenvalue weighted by atomic mass is 10.1. The van der Waals surface area contributed by atoms with E-state index in [-0.39, 0.29) is 12.0 Å². The number of hydrogen-bond donors (Lipinski definition) is 0. The molecule has 3 rings (SSSR count). The maximum atomic E-state index is 12.6. The fourth-order valence-corrected chi connectivity index (χ4v) is 2.99. The largest absolute Gasteiger partial charge is 0.368 e. The average Bonchev–Trinajstić information content (AvgIpc) is 3.04. The highest BCUT2D eigenvalue weighted by molar-refractivity contribution is 5.76. The first-order valence-corrected chi connectivity index (χ1v) is 8.40. The van der Waals surface area contributed by atoms with Gasteiger partial charge in [-0.3, -0.25) is 14.5 Å². The van der Waals surface area contributed by atoms with Crippen molar-refractivity contribution >= 4 is 11.7 Å². The van der Waals surface area contributed by atoms with Crippen molar-refractivity contribution in [3.8, 4) is 0 Å². The highest BCUT2D eigenvalue weighted by Crippen LogP contribution is 2.26. The fraction of sp³-hybridized carbons (Fsp3) is 0.529. The van der Waals surface area contributed by atoms with Crippen molar-refractivity contribution in [2.75, 3.05) is 38.7 Å². The van der Waals surface area contributed by atoms with Crippen molar-refractivity contribution in [3.63, 3.8) is 0 Å². The molecule has 1 fully saturated rings. The summed E-state index contributed by atoms with van der Waals surface area (Å²) in [7, 11) is 5.74. The lowest BCUT2D eigenvalue weighted by Gasteiger charge is -2.33. The molecule has 25 heavy (non-hydrogen) atoms. The van der Waals surface area contributed by atoms with Crippen LogP contribution in [-0.2, 0) is 23.0 Å². The molecule has 1 aliphatic heterocycles. The van der Waals surface area contributed by atoms with Gasteiger partial charge in [0.15, 0.2) is 5.82 Å². The number of amides is 1. The van der Waals surface area contributed by atoms with Crippen LogP contribution in [0.1, 0.15) is 23.9 Å². The van der Waals surface area contributed by atoms with Gasteiger partial charge >= 0.3 is 0 Å². The van der Waals surface area contributed by atoms with Gasteiger partial charge in [0, 0.05) is 58.4 Å². The predicted octanol–water partition coefficient (Wildman–Crippen LogP) is 0.809. The van der Waals surface area contributed by atoms with E-state index in [1.54, 1.807) is 23.3 Å². The minimum Gasteiger partial charge on any atom is -0.368 e. The molecule has 0 N–H and O–H groups in total. The summed E-state index contributed by atoms with van der Waals surface area (Å²) in [4.78, 5) is 25.2. The second kappa shape index (κ2) is 7.60. The zero-order valence-electron chi connectivity index (χ0n) is 14.9. The van der Waals surface area contributed by atoms with Crippen molar-refractivity contribution < 1.29 is 9.53 Å². The van der Waals surface area contributed by atoms with E-state index < -0.39 is 0 Å². The molecule has 1 amide bonds. The molecule has 1 atom stereocenters. The molecule has 0 bridgehead atoms. The Bertz CT molecular complexity index is 729. The Morgan fingerprint density at radius 1 is 1.32 bits per heavy atom. The van der Waals surface area contributed by atoms with Crippen LogP contribution in [0.4, 0.5) is 5.82 Å². The minimum absolute atomic E-state index is 0.129. The van der Waals surface area contributed by atoms with Crippen LogP contribution in [0.15, 0.2) is 24.7 Å². The molecule has 134 valence electrons. The lowest BCUT2D eigenvalue weighted by molar-refractivity contribution is -0.139. The summed E-state index contributed by atoms with van der Waals surface area (Å²) in [5, 5.41) is 4.14. The first-order valence-electron chi connectivity index (χ1n) is 8.40. The molecule has 2 aromatic heterocycles. The van der Waals surface area contributed by atoms with E-state index in [2.05, 4.69) is 15.1 Å². The quantitative estimate of drug-likeness (QED) is 0.799. The second-order valence-corrected chi connectivity index (χ2v) is 6.30. The summed E-state index contributed by atoms with van der Waals surface area (Å²) in [5.41, 5.74) is 1.83. The molecule has 2 aromatic rings. The van der Waals surface area contributed by atoms with Crippen molar-refractivity contribution in [2.45, 2.75) is 18.9 Å². The van der Waals surface area contributed by atoms with Crippen LogP contribution in [0.3, 0.4) is 0 Å². The van der Waals surface area contributed by atoms with Crippen molar-refractivity contribution in [1.29, 1.82) is 0 Å². The monoisotopic (exact) mass is 344 g/mol. The fourth-order valence-electron chi connectivity index (χ4n) is 2.99. The Labute approximate surface area is 147 Å². The summed E-state index contributed by atoms with van der Waals surface area (Å²) in [6.45, 7) is 1.62. The van der Waals surface area contributed by atoms with Gasteiger partial charge in [0.25, 0.3) is 0 Å². The molecular formula is C17H24N6O2. The third kappa shape index (κ3) is 3.96. The van der Waals surface area contributed by atoms with Gasteiger partial charge in [-0.1, -0.05) is 0 Å². The summed E-state index contributed by atoms with van der Waals surface area (Å²) in [6.07, 6.45) is 5.98. The molecule has 3 heterocycles. The minimum atomic E-state index is -0.250. The number of ether oxygens (including phenoxy) is 1. The van der Waals surface area contributed by atoms with Gasteiger partial charge < -0.3 is 14.5 Å². The summed E-state index contributed by atoms with van der Waals surface area (Å²) >= 11 is 0. The van der Waals surface area contributed by atoms with Gasteiger partial charge in [0.05, 0.1) is 13.2 Å². The summed E-state index contributed by atoms with van der Waals surface area (Å²) in [5.74, 6) is 0.904. The Morgan fingerprint density at radius 2 is 2.12 bits per heavy atom. The van der Waals surface area contributed by atoms with Gasteiger partial charge in [0.2, 0.25) is 5.91 Å². The SMILES string of the molecule is CN(C)c1nccnc1C1CN(C(=O)CCc2ccnn2C)CCO1. The number of carbonyl (C=O) groups is 1. The average molecular weight is 344 g/mol. The number of hydrogen-bond acceptors (Lipinski definition) is 6. The molecule has 8 heteroatoms. The number of anilines is 1. The van der Waals surface area contributed by atoms with E-state index in [4.69, 9.17) is 4.74 Å². The van der Waals surface area contributed by atoms with Crippen LogP contribution >= 0.6 is 0 Å². The van der Waals surface area contributed by atoms with Gasteiger partial charge in [-0.2, -0.15) is 5.10 Å². The number of aryl methyl sites for hydroxylation is 2. The molecule has 0 aliphatic carbocycles. The van der Waals surface area contributed by atoms with Crippen molar-refractivity contribution in [3.05, 3.63) is 36.0 Å². The maximum Gasteiger partial charge on any atom is 0.223 e. The van der Waals surface area contributed by atoms with Crippen molar-refractivity contribution in [1.82, 2.24) is 24.6 Å². The summed E-state index contributed by atoms with van der Waals surface area (Å²) in [6, 6.07) is 1.94. The Hall–Kier alpha value is -2.48. The molecule has 0 saturated carbocycles. The molecule has 1 saturated heterocycles. The lowest BCUT2D eigenvalue weighted by Crippen LogP contribution is -2.43. The molecule has 1 aliphatic rings. The van der Waals surface area contributed by atoms with Crippen molar-refractivity contribution in [2.24, 2.45) is 7.05 Å². The predicted molar refractivity (Wildman–Crippen MR) is 93.2 cm³/mol. The molecule has 0 spiro atoms. The topological polar surface area (TPSA) is 76.4 Å². The van der Waals surface area contributed by atoms with Crippen LogP contribution in [0.5, 0.6) is 0 Å². The molecule has 8 nitrogen and oxygen atoms in total. The van der Waals surface area contributed by atoms with E-state index in [0.717, 1.165) is 17.2 Å². The molecular weight excluding hydrogens is 320 g/mol. The van der Waals surface area contributed by atoms with Crippen LogP contribution in [0.25, 0.3) is 0 Å². The number of rotatable bonds is 5. The van der Waals surface area contributed by atoms with Crippen LogP contribution in [0, 0.1) is 0 Å². The number of morpholine rings is 1. The van der Waals surface area contributed by atoms with E-state index in [0.29, 0.717) is 32.5 Å². The third-order valence-corrected chi connectivity index (χ3v) is 4.37. The van der Waals surface area contributed by atoms with E-state index in [1.807, 2.05) is 37.0 Å². The second-order valence-electron chi connectivity index (χ2n) is 6.30. The van der Waals surface area contributed by atoms with E-state index in [1.165, 1.54) is 0 Å². The van der Waals surface area contributed by atoms with Gasteiger partial charge in [0.1, 0.15) is 11.8 Å². The number of aromatic nitrogens is 4. The van der Waals surface area contributed by atoms with Gasteiger partial charge in [-0.15, -0.1) is 0 Å². The Balaban J connectivity index is 1.65. The maximum absolute atomic E-state index is 12.6. The molecule has 1 unspecified atom stereocenters. The van der Waals surface area contributed by atoms with Crippen LogP contribution in [-0.4, -0.2) is 64.3 Å². The Morgan fingerprint density at radius 3 is 2.84 bits per heavy atom. The van der Waals surface area contributed by atoms with Crippen LogP contribution < -0.4 is 4.90 Å². The highest BCUT2D eigenvalue weighted by atomic mass is 16.5. The number of carbonyl (C=O) groups excluding carboxylic acids is 1. The normalized spacial score (nSPS) is 17.6. The number of nitrogens with zero attached hydrogens (tertiary/aromatic N) is 6. The van der Waals surface area contributed by atoms with E-state index in [9.17, 15) is 4.79 Å². The Kier molecular flexibility index (Phi) is 5.28. The van der Waals surface area contributed by atoms with Gasteiger partial charge in [-0.05, 0) is 12.5 Å². The molecule has 0 aromatic carbocycles.